The molecule has 1 fully saturated rings. The second kappa shape index (κ2) is 11.7. The number of aliphatic carboxylic acids is 1. The zero-order chi connectivity index (χ0) is 33.0. The number of carboxylic acid groups (broad SMARTS) is 1. The monoisotopic (exact) mass is 638 g/mol. The van der Waals surface area contributed by atoms with Crippen LogP contribution in [0.5, 0.6) is 11.5 Å². The summed E-state index contributed by atoms with van der Waals surface area (Å²) in [6, 6.07) is 11.2. The maximum absolute atomic E-state index is 13.2. The Hall–Kier alpha value is -4.46. The first-order valence-electron chi connectivity index (χ1n) is 15.0. The van der Waals surface area contributed by atoms with Crippen LogP contribution < -0.4 is 9.47 Å². The number of hydrogen-bond donors (Lipinski definition) is 4. The zero-order valence-corrected chi connectivity index (χ0v) is 25.1. The smallest absolute Gasteiger partial charge is 0.353 e. The number of esters is 3. The second-order valence-electron chi connectivity index (χ2n) is 12.1. The summed E-state index contributed by atoms with van der Waals surface area (Å²) in [5.74, 6) is -4.79. The lowest BCUT2D eigenvalue weighted by molar-refractivity contribution is -0.186. The SMILES string of the molecule is COc1ccc2c3c1O[C@@H]1C(OC(=O)[C@H](O)[C@@H](O)C(=O)O[C@H](C(=O)O[C@@H](C)C(=O)O)c4ccccc4)=CC[C@]4(O)[C@@H](CCC[C@@]314)C2. The van der Waals surface area contributed by atoms with E-state index in [2.05, 4.69) is 0 Å². The van der Waals surface area contributed by atoms with Crippen LogP contribution in [0.15, 0.2) is 54.3 Å². The molecule has 1 spiro atoms. The molecule has 6 rings (SSSR count). The Morgan fingerprint density at radius 2 is 1.70 bits per heavy atom. The van der Waals surface area contributed by atoms with E-state index in [1.54, 1.807) is 12.1 Å². The van der Waals surface area contributed by atoms with Crippen LogP contribution in [0.25, 0.3) is 0 Å². The van der Waals surface area contributed by atoms with Crippen molar-refractivity contribution in [2.24, 2.45) is 5.92 Å². The number of carbonyl (C=O) groups is 4. The Balaban J connectivity index is 1.21. The molecule has 4 N–H and O–H groups in total. The number of carboxylic acids is 1. The lowest BCUT2D eigenvalue weighted by Gasteiger charge is -2.59. The third-order valence-corrected chi connectivity index (χ3v) is 9.66. The van der Waals surface area contributed by atoms with Gasteiger partial charge in [0.15, 0.2) is 35.9 Å². The predicted octanol–water partition coefficient (Wildman–Crippen LogP) is 1.63. The number of ether oxygens (including phenoxy) is 5. The fourth-order valence-electron chi connectivity index (χ4n) is 7.47. The van der Waals surface area contributed by atoms with E-state index in [0.29, 0.717) is 24.3 Å². The lowest BCUT2D eigenvalue weighted by atomic mass is 9.47. The molecule has 13 heteroatoms. The third kappa shape index (κ3) is 4.81. The van der Waals surface area contributed by atoms with Gasteiger partial charge in [0, 0.05) is 11.1 Å². The lowest BCUT2D eigenvalue weighted by Crippen LogP contribution is -2.67. The average molecular weight is 639 g/mol. The second-order valence-corrected chi connectivity index (χ2v) is 12.1. The Morgan fingerprint density at radius 3 is 2.39 bits per heavy atom. The zero-order valence-electron chi connectivity index (χ0n) is 25.1. The Bertz CT molecular complexity index is 1600. The fourth-order valence-corrected chi connectivity index (χ4v) is 7.47. The van der Waals surface area contributed by atoms with Crippen molar-refractivity contribution in [3.05, 3.63) is 71.0 Å². The van der Waals surface area contributed by atoms with Gasteiger partial charge >= 0.3 is 23.9 Å². The highest BCUT2D eigenvalue weighted by Gasteiger charge is 2.71. The van der Waals surface area contributed by atoms with Gasteiger partial charge in [0.2, 0.25) is 6.10 Å². The predicted molar refractivity (Wildman–Crippen MR) is 154 cm³/mol. The van der Waals surface area contributed by atoms with Crippen LogP contribution in [0.2, 0.25) is 0 Å². The first kappa shape index (κ1) is 31.5. The van der Waals surface area contributed by atoms with E-state index >= 15 is 0 Å². The van der Waals surface area contributed by atoms with Gasteiger partial charge in [-0.25, -0.2) is 19.2 Å². The molecule has 8 atom stereocenters. The van der Waals surface area contributed by atoms with Crippen LogP contribution in [0.1, 0.15) is 55.4 Å². The molecule has 1 heterocycles. The number of carbonyl (C=O) groups excluding carboxylic acids is 3. The van der Waals surface area contributed by atoms with Crippen molar-refractivity contribution in [1.29, 1.82) is 0 Å². The first-order chi connectivity index (χ1) is 21.9. The molecule has 2 aromatic rings. The van der Waals surface area contributed by atoms with Gasteiger partial charge in [-0.15, -0.1) is 0 Å². The van der Waals surface area contributed by atoms with Crippen molar-refractivity contribution in [3.8, 4) is 11.5 Å². The summed E-state index contributed by atoms with van der Waals surface area (Å²) in [6.45, 7) is 1.10. The Kier molecular flexibility index (Phi) is 8.03. The van der Waals surface area contributed by atoms with E-state index in [4.69, 9.17) is 28.8 Å². The molecule has 0 amide bonds. The Labute approximate surface area is 263 Å². The fraction of sp³-hybridized carbons (Fsp3) is 0.455. The maximum Gasteiger partial charge on any atom is 0.353 e. The van der Waals surface area contributed by atoms with Gasteiger partial charge in [-0.2, -0.15) is 0 Å². The normalized spacial score (nSPS) is 27.8. The molecule has 46 heavy (non-hydrogen) atoms. The van der Waals surface area contributed by atoms with E-state index < -0.39 is 65.4 Å². The van der Waals surface area contributed by atoms with Crippen LogP contribution in [0.3, 0.4) is 0 Å². The molecular weight excluding hydrogens is 604 g/mol. The van der Waals surface area contributed by atoms with E-state index in [0.717, 1.165) is 30.9 Å². The Morgan fingerprint density at radius 1 is 0.978 bits per heavy atom. The van der Waals surface area contributed by atoms with Crippen molar-refractivity contribution in [1.82, 2.24) is 0 Å². The van der Waals surface area contributed by atoms with E-state index in [-0.39, 0.29) is 23.7 Å². The molecule has 244 valence electrons. The highest BCUT2D eigenvalue weighted by atomic mass is 16.6. The summed E-state index contributed by atoms with van der Waals surface area (Å²) in [7, 11) is 1.50. The van der Waals surface area contributed by atoms with Gasteiger partial charge in [-0.1, -0.05) is 42.8 Å². The van der Waals surface area contributed by atoms with Crippen LogP contribution >= 0.6 is 0 Å². The van der Waals surface area contributed by atoms with E-state index in [1.807, 2.05) is 6.07 Å². The topological polar surface area (TPSA) is 195 Å². The molecule has 1 aliphatic heterocycles. The molecule has 2 bridgehead atoms. The quantitative estimate of drug-likeness (QED) is 0.217. The number of aliphatic hydroxyl groups excluding tert-OH is 2. The molecule has 2 aromatic carbocycles. The van der Waals surface area contributed by atoms with Gasteiger partial charge in [0.05, 0.1) is 18.1 Å². The molecule has 0 unspecified atom stereocenters. The van der Waals surface area contributed by atoms with Crippen LogP contribution in [0.4, 0.5) is 0 Å². The third-order valence-electron chi connectivity index (χ3n) is 9.66. The molecule has 0 saturated heterocycles. The molecule has 13 nitrogen and oxygen atoms in total. The number of aliphatic hydroxyl groups is 3. The number of hydrogen-bond acceptors (Lipinski definition) is 12. The molecule has 0 radical (unpaired) electrons. The standard InChI is InChI=1S/C33H34O13/c1-16(28(36)37)43-31(40)25(17-7-4-3-5-8-17)46-30(39)24(35)23(34)29(38)44-21-12-14-33(41)19-9-6-13-32(33)22-18(15-19)10-11-20(42-2)26(22)45-27(21)32/h3-5,7-8,10-12,16,19,23-25,27,34-35,41H,6,9,13-15H2,1-2H3,(H,36,37)/t16-,19-,23+,24+,25-,27+,32+,33-/m0/s1. The molecule has 4 aliphatic rings. The first-order valence-corrected chi connectivity index (χ1v) is 15.0. The molecule has 0 aromatic heterocycles. The number of methoxy groups -OCH3 is 1. The highest BCUT2D eigenvalue weighted by molar-refractivity contribution is 5.88. The molecule has 3 aliphatic carbocycles. The summed E-state index contributed by atoms with van der Waals surface area (Å²) in [5, 5.41) is 42.6. The van der Waals surface area contributed by atoms with Crippen molar-refractivity contribution in [2.75, 3.05) is 7.11 Å². The molecule has 1 saturated carbocycles. The van der Waals surface area contributed by atoms with Crippen molar-refractivity contribution < 1.29 is 63.3 Å². The minimum absolute atomic E-state index is 0.00874. The van der Waals surface area contributed by atoms with Crippen molar-refractivity contribution in [3.63, 3.8) is 0 Å². The van der Waals surface area contributed by atoms with Crippen LogP contribution in [-0.4, -0.2) is 81.4 Å². The van der Waals surface area contributed by atoms with Gasteiger partial charge in [0.25, 0.3) is 0 Å². The number of rotatable bonds is 10. The van der Waals surface area contributed by atoms with E-state index in [9.17, 15) is 34.5 Å². The van der Waals surface area contributed by atoms with E-state index in [1.165, 1.54) is 37.5 Å². The van der Waals surface area contributed by atoms with Crippen molar-refractivity contribution >= 4 is 23.9 Å². The van der Waals surface area contributed by atoms with Gasteiger partial charge in [0.1, 0.15) is 5.76 Å². The number of benzene rings is 2. The summed E-state index contributed by atoms with van der Waals surface area (Å²) >= 11 is 0. The van der Waals surface area contributed by atoms with Crippen LogP contribution in [0, 0.1) is 5.92 Å². The summed E-state index contributed by atoms with van der Waals surface area (Å²) in [4.78, 5) is 50.0. The van der Waals surface area contributed by atoms with Crippen molar-refractivity contribution in [2.45, 2.75) is 80.6 Å². The van der Waals surface area contributed by atoms with Gasteiger partial charge < -0.3 is 44.1 Å². The summed E-state index contributed by atoms with van der Waals surface area (Å²) < 4.78 is 27.5. The highest BCUT2D eigenvalue weighted by Crippen LogP contribution is 2.67. The average Bonchev–Trinajstić information content (AvgIpc) is 3.39. The van der Waals surface area contributed by atoms with Gasteiger partial charge in [-0.05, 0) is 56.2 Å². The maximum atomic E-state index is 13.2. The molecular formula is C33H34O13. The summed E-state index contributed by atoms with van der Waals surface area (Å²) in [5.41, 5.74) is -0.207. The van der Waals surface area contributed by atoms with Crippen LogP contribution in [-0.2, 0) is 45.2 Å². The largest absolute Gasteiger partial charge is 0.493 e. The minimum Gasteiger partial charge on any atom is -0.493 e. The summed E-state index contributed by atoms with van der Waals surface area (Å²) in [6.07, 6.45) is -4.79. The minimum atomic E-state index is -2.50. The van der Waals surface area contributed by atoms with Gasteiger partial charge in [-0.3, -0.25) is 0 Å².